The SMILES string of the molecule is COC(=O)C1=CN(C(=O)OC(C)(C)C)C(C(=O)OCc2ccccc2)C1. The first-order valence-corrected chi connectivity index (χ1v) is 8.22. The second-order valence-corrected chi connectivity index (χ2v) is 6.85. The third-order valence-corrected chi connectivity index (χ3v) is 3.59. The number of rotatable bonds is 4. The van der Waals surface area contributed by atoms with Crippen molar-refractivity contribution in [2.45, 2.75) is 45.4 Å². The van der Waals surface area contributed by atoms with Crippen molar-refractivity contribution in [1.82, 2.24) is 4.90 Å². The van der Waals surface area contributed by atoms with Crippen molar-refractivity contribution in [1.29, 1.82) is 0 Å². The van der Waals surface area contributed by atoms with Crippen LogP contribution in [-0.4, -0.2) is 41.7 Å². The molecule has 140 valence electrons. The zero-order valence-corrected chi connectivity index (χ0v) is 15.4. The van der Waals surface area contributed by atoms with Crippen LogP contribution in [0.1, 0.15) is 32.8 Å². The van der Waals surface area contributed by atoms with Crippen LogP contribution < -0.4 is 0 Å². The van der Waals surface area contributed by atoms with Gasteiger partial charge in [0.2, 0.25) is 0 Å². The summed E-state index contributed by atoms with van der Waals surface area (Å²) in [5, 5.41) is 0. The number of ether oxygens (including phenoxy) is 3. The summed E-state index contributed by atoms with van der Waals surface area (Å²) in [6.45, 7) is 5.23. The average Bonchev–Trinajstić information content (AvgIpc) is 3.04. The topological polar surface area (TPSA) is 82.1 Å². The standard InChI is InChI=1S/C19H23NO6/c1-19(2,3)26-18(23)20-11-14(16(21)24-4)10-15(20)17(22)25-12-13-8-6-5-7-9-13/h5-9,11,15H,10,12H2,1-4H3. The number of esters is 2. The molecule has 1 heterocycles. The van der Waals surface area contributed by atoms with E-state index in [1.54, 1.807) is 20.8 Å². The van der Waals surface area contributed by atoms with Gasteiger partial charge < -0.3 is 14.2 Å². The van der Waals surface area contributed by atoms with E-state index in [0.29, 0.717) is 0 Å². The van der Waals surface area contributed by atoms with Crippen molar-refractivity contribution in [2.75, 3.05) is 7.11 Å². The lowest BCUT2D eigenvalue weighted by molar-refractivity contribution is -0.149. The van der Waals surface area contributed by atoms with Gasteiger partial charge in [-0.15, -0.1) is 0 Å². The Morgan fingerprint density at radius 3 is 2.38 bits per heavy atom. The van der Waals surface area contributed by atoms with Crippen LogP contribution in [0.4, 0.5) is 4.79 Å². The third-order valence-electron chi connectivity index (χ3n) is 3.59. The van der Waals surface area contributed by atoms with Crippen LogP contribution in [-0.2, 0) is 30.4 Å². The van der Waals surface area contributed by atoms with Crippen molar-refractivity contribution < 1.29 is 28.6 Å². The summed E-state index contributed by atoms with van der Waals surface area (Å²) in [6, 6.07) is 8.21. The maximum absolute atomic E-state index is 12.5. The number of carbonyl (C=O) groups is 3. The number of hydrogen-bond donors (Lipinski definition) is 0. The van der Waals surface area contributed by atoms with Crippen molar-refractivity contribution in [2.24, 2.45) is 0 Å². The molecule has 7 heteroatoms. The Hall–Kier alpha value is -2.83. The number of amides is 1. The van der Waals surface area contributed by atoms with Gasteiger partial charge in [-0.2, -0.15) is 0 Å². The van der Waals surface area contributed by atoms with Gasteiger partial charge >= 0.3 is 18.0 Å². The highest BCUT2D eigenvalue weighted by atomic mass is 16.6. The molecule has 1 aliphatic heterocycles. The zero-order valence-electron chi connectivity index (χ0n) is 15.4. The normalized spacial score (nSPS) is 16.7. The number of carbonyl (C=O) groups excluding carboxylic acids is 3. The molecule has 0 N–H and O–H groups in total. The maximum Gasteiger partial charge on any atom is 0.415 e. The van der Waals surface area contributed by atoms with E-state index in [0.717, 1.165) is 10.5 Å². The molecular formula is C19H23NO6. The van der Waals surface area contributed by atoms with Crippen LogP contribution in [0.5, 0.6) is 0 Å². The second kappa shape index (κ2) is 8.03. The first kappa shape index (κ1) is 19.5. The molecule has 26 heavy (non-hydrogen) atoms. The van der Waals surface area contributed by atoms with Crippen LogP contribution in [0.15, 0.2) is 42.1 Å². The molecule has 1 amide bonds. The summed E-state index contributed by atoms with van der Waals surface area (Å²) < 4.78 is 15.3. The van der Waals surface area contributed by atoms with E-state index in [-0.39, 0.29) is 18.6 Å². The molecule has 2 rings (SSSR count). The molecule has 0 spiro atoms. The van der Waals surface area contributed by atoms with E-state index in [9.17, 15) is 14.4 Å². The molecule has 0 saturated carbocycles. The van der Waals surface area contributed by atoms with Gasteiger partial charge in [0.1, 0.15) is 18.2 Å². The van der Waals surface area contributed by atoms with Crippen LogP contribution in [0, 0.1) is 0 Å². The predicted molar refractivity (Wildman–Crippen MR) is 92.8 cm³/mol. The van der Waals surface area contributed by atoms with Gasteiger partial charge in [-0.3, -0.25) is 4.90 Å². The number of methoxy groups -OCH3 is 1. The lowest BCUT2D eigenvalue weighted by Gasteiger charge is -2.26. The van der Waals surface area contributed by atoms with Gasteiger partial charge in [-0.05, 0) is 26.3 Å². The summed E-state index contributed by atoms with van der Waals surface area (Å²) in [5.74, 6) is -1.22. The summed E-state index contributed by atoms with van der Waals surface area (Å²) in [4.78, 5) is 37.8. The summed E-state index contributed by atoms with van der Waals surface area (Å²) in [6.07, 6.45) is 0.575. The molecule has 0 saturated heterocycles. The maximum atomic E-state index is 12.5. The molecule has 1 aromatic carbocycles. The van der Waals surface area contributed by atoms with E-state index in [4.69, 9.17) is 9.47 Å². The van der Waals surface area contributed by atoms with E-state index < -0.39 is 29.7 Å². The van der Waals surface area contributed by atoms with Crippen molar-refractivity contribution in [3.63, 3.8) is 0 Å². The largest absolute Gasteiger partial charge is 0.466 e. The molecule has 1 aromatic rings. The summed E-state index contributed by atoms with van der Waals surface area (Å²) >= 11 is 0. The van der Waals surface area contributed by atoms with Gasteiger partial charge in [0, 0.05) is 12.6 Å². The third kappa shape index (κ3) is 5.08. The Labute approximate surface area is 152 Å². The molecule has 0 aliphatic carbocycles. The minimum absolute atomic E-state index is 0.0134. The highest BCUT2D eigenvalue weighted by molar-refractivity contribution is 5.93. The zero-order chi connectivity index (χ0) is 19.3. The van der Waals surface area contributed by atoms with Crippen LogP contribution >= 0.6 is 0 Å². The first-order valence-electron chi connectivity index (χ1n) is 8.22. The number of benzene rings is 1. The molecule has 1 atom stereocenters. The molecule has 0 bridgehead atoms. The predicted octanol–water partition coefficient (Wildman–Crippen LogP) is 2.80. The molecule has 1 aliphatic rings. The Morgan fingerprint density at radius 1 is 1.15 bits per heavy atom. The first-order chi connectivity index (χ1) is 12.2. The van der Waals surface area contributed by atoms with Crippen LogP contribution in [0.3, 0.4) is 0 Å². The molecule has 1 unspecified atom stereocenters. The summed E-state index contributed by atoms with van der Waals surface area (Å²) in [7, 11) is 1.24. The van der Waals surface area contributed by atoms with Gasteiger partial charge in [0.15, 0.2) is 0 Å². The molecular weight excluding hydrogens is 338 g/mol. The lowest BCUT2D eigenvalue weighted by Crippen LogP contribution is -2.42. The average molecular weight is 361 g/mol. The van der Waals surface area contributed by atoms with Gasteiger partial charge in [-0.25, -0.2) is 14.4 Å². The fraction of sp³-hybridized carbons (Fsp3) is 0.421. The molecule has 7 nitrogen and oxygen atoms in total. The second-order valence-electron chi connectivity index (χ2n) is 6.85. The van der Waals surface area contributed by atoms with Crippen molar-refractivity contribution in [3.8, 4) is 0 Å². The Morgan fingerprint density at radius 2 is 1.81 bits per heavy atom. The Balaban J connectivity index is 2.11. The quantitative estimate of drug-likeness (QED) is 0.606. The molecule has 0 aromatic heterocycles. The fourth-order valence-corrected chi connectivity index (χ4v) is 2.40. The van der Waals surface area contributed by atoms with E-state index in [1.165, 1.54) is 13.3 Å². The Kier molecular flexibility index (Phi) is 6.02. The molecule has 0 fully saturated rings. The minimum Gasteiger partial charge on any atom is -0.466 e. The van der Waals surface area contributed by atoms with E-state index in [2.05, 4.69) is 4.74 Å². The van der Waals surface area contributed by atoms with Gasteiger partial charge in [-0.1, -0.05) is 30.3 Å². The number of hydrogen-bond acceptors (Lipinski definition) is 6. The lowest BCUT2D eigenvalue weighted by atomic mass is 10.1. The summed E-state index contributed by atoms with van der Waals surface area (Å²) in [5.41, 5.74) is 0.293. The minimum atomic E-state index is -0.970. The van der Waals surface area contributed by atoms with Gasteiger partial charge in [0.25, 0.3) is 0 Å². The monoisotopic (exact) mass is 361 g/mol. The van der Waals surface area contributed by atoms with Crippen molar-refractivity contribution >= 4 is 18.0 Å². The van der Waals surface area contributed by atoms with Gasteiger partial charge in [0.05, 0.1) is 12.7 Å². The van der Waals surface area contributed by atoms with E-state index in [1.807, 2.05) is 30.3 Å². The smallest absolute Gasteiger partial charge is 0.415 e. The van der Waals surface area contributed by atoms with E-state index >= 15 is 0 Å². The highest BCUT2D eigenvalue weighted by Gasteiger charge is 2.40. The fourth-order valence-electron chi connectivity index (χ4n) is 2.40. The number of nitrogens with zero attached hydrogens (tertiary/aromatic N) is 1. The Bertz CT molecular complexity index is 704. The van der Waals surface area contributed by atoms with Crippen LogP contribution in [0.2, 0.25) is 0 Å². The van der Waals surface area contributed by atoms with Crippen molar-refractivity contribution in [3.05, 3.63) is 47.7 Å². The van der Waals surface area contributed by atoms with Crippen LogP contribution in [0.25, 0.3) is 0 Å². The highest BCUT2D eigenvalue weighted by Crippen LogP contribution is 2.26. The molecule has 0 radical (unpaired) electrons.